The number of hydrogen-bond donors (Lipinski definition) is 3. The van der Waals surface area contributed by atoms with Crippen LogP contribution in [0.25, 0.3) is 21.9 Å². The van der Waals surface area contributed by atoms with Crippen LogP contribution in [0.1, 0.15) is 24.3 Å². The zero-order valence-electron chi connectivity index (χ0n) is 17.1. The fraction of sp³-hybridized carbons (Fsp3) is 0.318. The number of nitrogens with two attached hydrogens (primary N) is 1. The highest BCUT2D eigenvalue weighted by molar-refractivity contribution is 9.10. The molecular weight excluding hydrogens is 514 g/mol. The summed E-state index contributed by atoms with van der Waals surface area (Å²) < 4.78 is 2.10. The zero-order chi connectivity index (χ0) is 22.6. The Labute approximate surface area is 202 Å². The number of pyridine rings is 1. The molecule has 3 aromatic heterocycles. The number of hydrogen-bond acceptors (Lipinski definition) is 7. The first-order chi connectivity index (χ1) is 15.3. The van der Waals surface area contributed by atoms with Crippen molar-refractivity contribution in [3.8, 4) is 0 Å². The quantitative estimate of drug-likeness (QED) is 0.334. The van der Waals surface area contributed by atoms with Crippen LogP contribution < -0.4 is 5.73 Å². The van der Waals surface area contributed by atoms with Crippen molar-refractivity contribution in [2.24, 2.45) is 0 Å². The van der Waals surface area contributed by atoms with Crippen molar-refractivity contribution in [3.63, 3.8) is 0 Å². The van der Waals surface area contributed by atoms with Crippen LogP contribution in [0.3, 0.4) is 0 Å². The second-order valence-corrected chi connectivity index (χ2v) is 11.1. The minimum absolute atomic E-state index is 0.368. The molecule has 4 heterocycles. The topological polar surface area (TPSA) is 110 Å². The molecular formula is C22H21BrClN5O2S. The molecule has 4 atom stereocenters. The van der Waals surface area contributed by atoms with E-state index in [0.29, 0.717) is 23.0 Å². The van der Waals surface area contributed by atoms with E-state index in [1.807, 2.05) is 42.0 Å². The first-order valence-corrected chi connectivity index (χ1v) is 12.2. The molecule has 166 valence electrons. The lowest BCUT2D eigenvalue weighted by molar-refractivity contribution is 0.000372. The highest BCUT2D eigenvalue weighted by atomic mass is 79.9. The van der Waals surface area contributed by atoms with Crippen LogP contribution in [0.15, 0.2) is 47.3 Å². The largest absolute Gasteiger partial charge is 0.389 e. The Morgan fingerprint density at radius 3 is 2.88 bits per heavy atom. The summed E-state index contributed by atoms with van der Waals surface area (Å²) in [5.41, 5.74) is 8.51. The number of nitrogens with zero attached hydrogens (tertiary/aromatic N) is 4. The first kappa shape index (κ1) is 21.9. The molecule has 1 aromatic carbocycles. The Kier molecular flexibility index (Phi) is 5.58. The summed E-state index contributed by atoms with van der Waals surface area (Å²) in [6.45, 7) is 1.99. The van der Waals surface area contributed by atoms with Gasteiger partial charge in [0.2, 0.25) is 0 Å². The fourth-order valence-corrected chi connectivity index (χ4v) is 6.40. The van der Waals surface area contributed by atoms with Crippen molar-refractivity contribution in [3.05, 3.63) is 58.0 Å². The van der Waals surface area contributed by atoms with Crippen LogP contribution in [0.2, 0.25) is 5.15 Å². The molecule has 0 bridgehead atoms. The van der Waals surface area contributed by atoms with Crippen LogP contribution >= 0.6 is 39.3 Å². The molecule has 1 aliphatic rings. The summed E-state index contributed by atoms with van der Waals surface area (Å²) in [4.78, 5) is 12.8. The van der Waals surface area contributed by atoms with E-state index in [9.17, 15) is 10.2 Å². The molecule has 0 unspecified atom stereocenters. The van der Waals surface area contributed by atoms with E-state index in [2.05, 4.69) is 36.9 Å². The van der Waals surface area contributed by atoms with E-state index in [4.69, 9.17) is 17.3 Å². The third-order valence-corrected chi connectivity index (χ3v) is 8.81. The standard InChI is InChI=1S/C22H21BrClN5O2S/c1-22(6-4-11-2-3-12-9-14(23)19(25)28-15(12)8-11)17(31)16(30)21(32-22)29-7-5-13-18(24)26-10-27-20(13)29/h2-3,5,7-10,16-17,21,30-31H,4,6H2,1H3,(H2,25,28)/t16-,17+,21-,22-/m1/s1. The average Bonchev–Trinajstić information content (AvgIpc) is 3.29. The fourth-order valence-electron chi connectivity index (χ4n) is 4.26. The maximum absolute atomic E-state index is 11.0. The molecule has 32 heavy (non-hydrogen) atoms. The number of nitrogen functional groups attached to an aromatic ring is 1. The lowest BCUT2D eigenvalue weighted by Gasteiger charge is -2.27. The summed E-state index contributed by atoms with van der Waals surface area (Å²) >= 11 is 11.1. The van der Waals surface area contributed by atoms with Gasteiger partial charge in [0, 0.05) is 16.3 Å². The summed E-state index contributed by atoms with van der Waals surface area (Å²) in [6, 6.07) is 9.90. The smallest absolute Gasteiger partial charge is 0.145 e. The third kappa shape index (κ3) is 3.66. The van der Waals surface area contributed by atoms with E-state index in [1.165, 1.54) is 6.33 Å². The maximum atomic E-state index is 11.0. The van der Waals surface area contributed by atoms with Crippen LogP contribution in [0, 0.1) is 0 Å². The first-order valence-electron chi connectivity index (χ1n) is 10.1. The molecule has 5 rings (SSSR count). The van der Waals surface area contributed by atoms with E-state index >= 15 is 0 Å². The molecule has 1 fully saturated rings. The number of rotatable bonds is 4. The van der Waals surface area contributed by atoms with Gasteiger partial charge in [0.15, 0.2) is 0 Å². The van der Waals surface area contributed by atoms with Gasteiger partial charge in [-0.1, -0.05) is 23.7 Å². The Balaban J connectivity index is 1.38. The maximum Gasteiger partial charge on any atom is 0.145 e. The lowest BCUT2D eigenvalue weighted by atomic mass is 9.92. The van der Waals surface area contributed by atoms with Crippen molar-refractivity contribution in [1.29, 1.82) is 0 Å². The number of aliphatic hydroxyl groups is 2. The van der Waals surface area contributed by atoms with E-state index in [0.717, 1.165) is 32.7 Å². The minimum atomic E-state index is -0.940. The monoisotopic (exact) mass is 533 g/mol. The van der Waals surface area contributed by atoms with E-state index < -0.39 is 17.0 Å². The summed E-state index contributed by atoms with van der Waals surface area (Å²) in [6.07, 6.45) is 2.82. The van der Waals surface area contributed by atoms with Crippen LogP contribution in [0.5, 0.6) is 0 Å². The molecule has 0 amide bonds. The summed E-state index contributed by atoms with van der Waals surface area (Å²) in [5, 5.41) is 23.6. The summed E-state index contributed by atoms with van der Waals surface area (Å²) in [5.74, 6) is 0.456. The number of benzene rings is 1. The highest BCUT2D eigenvalue weighted by Gasteiger charge is 2.51. The van der Waals surface area contributed by atoms with Gasteiger partial charge in [-0.3, -0.25) is 0 Å². The normalized spacial score (nSPS) is 25.7. The second kappa shape index (κ2) is 8.14. The molecule has 4 N–H and O–H groups in total. The summed E-state index contributed by atoms with van der Waals surface area (Å²) in [7, 11) is 0. The molecule has 7 nitrogen and oxygen atoms in total. The van der Waals surface area contributed by atoms with Crippen LogP contribution in [-0.4, -0.2) is 46.7 Å². The van der Waals surface area contributed by atoms with Gasteiger partial charge in [-0.05, 0) is 59.5 Å². The molecule has 0 spiro atoms. The average molecular weight is 535 g/mol. The van der Waals surface area contributed by atoms with E-state index in [1.54, 1.807) is 11.8 Å². The number of aromatic nitrogens is 4. The second-order valence-electron chi connectivity index (χ2n) is 8.26. The van der Waals surface area contributed by atoms with Crippen molar-refractivity contribution < 1.29 is 10.2 Å². The Hall–Kier alpha value is -1.91. The minimum Gasteiger partial charge on any atom is -0.389 e. The number of fused-ring (bicyclic) bond motifs is 2. The van der Waals surface area contributed by atoms with Crippen molar-refractivity contribution in [2.45, 2.75) is 42.1 Å². The molecule has 0 saturated carbocycles. The Bertz CT molecular complexity index is 1330. The predicted octanol–water partition coefficient (Wildman–Crippen LogP) is 4.34. The Morgan fingerprint density at radius 2 is 2.06 bits per heavy atom. The van der Waals surface area contributed by atoms with Gasteiger partial charge in [0.1, 0.15) is 34.4 Å². The molecule has 0 aliphatic carbocycles. The molecule has 0 radical (unpaired) electrons. The Morgan fingerprint density at radius 1 is 1.25 bits per heavy atom. The molecule has 4 aromatic rings. The van der Waals surface area contributed by atoms with Crippen LogP contribution in [-0.2, 0) is 6.42 Å². The number of halogens is 2. The predicted molar refractivity (Wildman–Crippen MR) is 132 cm³/mol. The van der Waals surface area contributed by atoms with Gasteiger partial charge in [0.25, 0.3) is 0 Å². The van der Waals surface area contributed by atoms with E-state index in [-0.39, 0.29) is 5.37 Å². The SMILES string of the molecule is C[C@]1(CCc2ccc3cc(Br)c(N)nc3c2)S[C@@H](n2ccc3c(Cl)ncnc32)[C@H](O)[C@@H]1O. The van der Waals surface area contributed by atoms with Gasteiger partial charge in [-0.25, -0.2) is 15.0 Å². The highest BCUT2D eigenvalue weighted by Crippen LogP contribution is 2.52. The van der Waals surface area contributed by atoms with Crippen molar-refractivity contribution in [2.75, 3.05) is 5.73 Å². The van der Waals surface area contributed by atoms with Gasteiger partial charge in [-0.15, -0.1) is 11.8 Å². The number of anilines is 1. The van der Waals surface area contributed by atoms with Crippen molar-refractivity contribution >= 4 is 67.0 Å². The lowest BCUT2D eigenvalue weighted by Crippen LogP contribution is -2.39. The number of aryl methyl sites for hydroxylation is 1. The van der Waals surface area contributed by atoms with Gasteiger partial charge < -0.3 is 20.5 Å². The zero-order valence-corrected chi connectivity index (χ0v) is 20.3. The molecule has 10 heteroatoms. The van der Waals surface area contributed by atoms with Gasteiger partial charge in [0.05, 0.1) is 21.5 Å². The van der Waals surface area contributed by atoms with Crippen molar-refractivity contribution in [1.82, 2.24) is 19.5 Å². The third-order valence-electron chi connectivity index (χ3n) is 6.14. The van der Waals surface area contributed by atoms with Gasteiger partial charge in [-0.2, -0.15) is 0 Å². The number of aliphatic hydroxyl groups excluding tert-OH is 2. The number of thioether (sulfide) groups is 1. The van der Waals surface area contributed by atoms with Crippen LogP contribution in [0.4, 0.5) is 5.82 Å². The van der Waals surface area contributed by atoms with Gasteiger partial charge >= 0.3 is 0 Å². The molecule has 1 saturated heterocycles. The molecule has 1 aliphatic heterocycles.